The van der Waals surface area contributed by atoms with Crippen molar-refractivity contribution in [3.05, 3.63) is 23.0 Å². The molecule has 0 atom stereocenters. The fourth-order valence-electron chi connectivity index (χ4n) is 2.29. The number of nitrogens with two attached hydrogens (primary N) is 1. The lowest BCUT2D eigenvalue weighted by Crippen LogP contribution is -2.02. The summed E-state index contributed by atoms with van der Waals surface area (Å²) in [6, 6.07) is 3.14. The van der Waals surface area contributed by atoms with Gasteiger partial charge in [-0.3, -0.25) is 0 Å². The van der Waals surface area contributed by atoms with Crippen LogP contribution in [-0.2, 0) is 6.42 Å². The molecule has 14 heavy (non-hydrogen) atoms. The maximum absolute atomic E-state index is 5.54. The van der Waals surface area contributed by atoms with Gasteiger partial charge in [-0.2, -0.15) is 0 Å². The Kier molecular flexibility index (Phi) is 2.64. The molecule has 0 saturated heterocycles. The van der Waals surface area contributed by atoms with Crippen molar-refractivity contribution in [3.63, 3.8) is 0 Å². The molecule has 0 bridgehead atoms. The van der Waals surface area contributed by atoms with Gasteiger partial charge in [0.15, 0.2) is 0 Å². The number of aromatic nitrogens is 1. The molecule has 2 heteroatoms. The molecule has 0 aromatic carbocycles. The standard InChI is InChI=1S/C12H20N2/c1-9-8-11(4-3-7-13)10(2)14(9)12-5-6-12/h8,12H,3-7,13H2,1-2H3. The van der Waals surface area contributed by atoms with Gasteiger partial charge in [0.2, 0.25) is 0 Å². The van der Waals surface area contributed by atoms with E-state index in [2.05, 4.69) is 24.5 Å². The van der Waals surface area contributed by atoms with Crippen LogP contribution in [0.4, 0.5) is 0 Å². The van der Waals surface area contributed by atoms with Gasteiger partial charge < -0.3 is 10.3 Å². The third kappa shape index (κ3) is 1.71. The molecule has 1 aliphatic rings. The molecule has 1 heterocycles. The van der Waals surface area contributed by atoms with Gasteiger partial charge in [-0.05, 0) is 57.7 Å². The Balaban J connectivity index is 2.20. The molecule has 1 aromatic rings. The lowest BCUT2D eigenvalue weighted by molar-refractivity contribution is 0.693. The van der Waals surface area contributed by atoms with Crippen LogP contribution in [0.25, 0.3) is 0 Å². The van der Waals surface area contributed by atoms with Crippen LogP contribution in [0.5, 0.6) is 0 Å². The molecule has 0 aliphatic heterocycles. The zero-order valence-corrected chi connectivity index (χ0v) is 9.21. The highest BCUT2D eigenvalue weighted by molar-refractivity contribution is 5.28. The average Bonchev–Trinajstić information content (AvgIpc) is 2.92. The molecule has 0 radical (unpaired) electrons. The van der Waals surface area contributed by atoms with Crippen LogP contribution in [0, 0.1) is 13.8 Å². The number of nitrogens with zero attached hydrogens (tertiary/aromatic N) is 1. The zero-order valence-electron chi connectivity index (χ0n) is 9.21. The first-order valence-electron chi connectivity index (χ1n) is 5.61. The van der Waals surface area contributed by atoms with Crippen molar-refractivity contribution in [1.82, 2.24) is 4.57 Å². The van der Waals surface area contributed by atoms with Crippen molar-refractivity contribution in [2.24, 2.45) is 5.73 Å². The van der Waals surface area contributed by atoms with Crippen molar-refractivity contribution in [2.75, 3.05) is 6.54 Å². The highest BCUT2D eigenvalue weighted by atomic mass is 15.1. The minimum Gasteiger partial charge on any atom is -0.346 e. The Morgan fingerprint density at radius 2 is 2.14 bits per heavy atom. The minimum absolute atomic E-state index is 0.799. The summed E-state index contributed by atoms with van der Waals surface area (Å²) in [7, 11) is 0. The molecule has 1 saturated carbocycles. The summed E-state index contributed by atoms with van der Waals surface area (Å²) < 4.78 is 2.51. The molecule has 0 amide bonds. The van der Waals surface area contributed by atoms with E-state index >= 15 is 0 Å². The van der Waals surface area contributed by atoms with E-state index in [4.69, 9.17) is 5.73 Å². The number of hydrogen-bond acceptors (Lipinski definition) is 1. The topological polar surface area (TPSA) is 30.9 Å². The van der Waals surface area contributed by atoms with Gasteiger partial charge in [-0.1, -0.05) is 0 Å². The Morgan fingerprint density at radius 1 is 1.43 bits per heavy atom. The first-order chi connectivity index (χ1) is 6.74. The van der Waals surface area contributed by atoms with Crippen molar-refractivity contribution >= 4 is 0 Å². The Hall–Kier alpha value is -0.760. The quantitative estimate of drug-likeness (QED) is 0.780. The molecular formula is C12H20N2. The number of rotatable bonds is 4. The smallest absolute Gasteiger partial charge is 0.0337 e. The number of aryl methyl sites for hydroxylation is 2. The molecule has 1 fully saturated rings. The lowest BCUT2D eigenvalue weighted by atomic mass is 10.1. The molecule has 2 nitrogen and oxygen atoms in total. The summed E-state index contributed by atoms with van der Waals surface area (Å²) in [5.41, 5.74) is 9.94. The fourth-order valence-corrected chi connectivity index (χ4v) is 2.29. The summed E-state index contributed by atoms with van der Waals surface area (Å²) in [5.74, 6) is 0. The second-order valence-corrected chi connectivity index (χ2v) is 4.39. The van der Waals surface area contributed by atoms with Gasteiger partial charge in [-0.25, -0.2) is 0 Å². The van der Waals surface area contributed by atoms with E-state index in [9.17, 15) is 0 Å². The average molecular weight is 192 g/mol. The second-order valence-electron chi connectivity index (χ2n) is 4.39. The van der Waals surface area contributed by atoms with E-state index in [1.807, 2.05) is 0 Å². The van der Waals surface area contributed by atoms with Gasteiger partial charge in [0.1, 0.15) is 0 Å². The van der Waals surface area contributed by atoms with Crippen LogP contribution in [0.15, 0.2) is 6.07 Å². The third-order valence-corrected chi connectivity index (χ3v) is 3.15. The van der Waals surface area contributed by atoms with Crippen LogP contribution in [0.3, 0.4) is 0 Å². The van der Waals surface area contributed by atoms with E-state index in [1.165, 1.54) is 29.8 Å². The molecule has 1 aliphatic carbocycles. The van der Waals surface area contributed by atoms with Gasteiger partial charge in [0, 0.05) is 17.4 Å². The molecule has 0 spiro atoms. The van der Waals surface area contributed by atoms with Crippen LogP contribution in [-0.4, -0.2) is 11.1 Å². The zero-order chi connectivity index (χ0) is 10.1. The fraction of sp³-hybridized carbons (Fsp3) is 0.667. The Labute approximate surface area is 86.1 Å². The minimum atomic E-state index is 0.799. The highest BCUT2D eigenvalue weighted by Gasteiger charge is 2.26. The molecule has 78 valence electrons. The Bertz CT molecular complexity index is 321. The van der Waals surface area contributed by atoms with E-state index in [0.717, 1.165) is 25.4 Å². The van der Waals surface area contributed by atoms with Gasteiger partial charge in [-0.15, -0.1) is 0 Å². The van der Waals surface area contributed by atoms with Gasteiger partial charge in [0.05, 0.1) is 0 Å². The third-order valence-electron chi connectivity index (χ3n) is 3.15. The second kappa shape index (κ2) is 3.77. The van der Waals surface area contributed by atoms with E-state index in [1.54, 1.807) is 0 Å². The predicted molar refractivity (Wildman–Crippen MR) is 59.6 cm³/mol. The van der Waals surface area contributed by atoms with Crippen molar-refractivity contribution in [1.29, 1.82) is 0 Å². The summed E-state index contributed by atoms with van der Waals surface area (Å²) in [6.45, 7) is 5.27. The van der Waals surface area contributed by atoms with Crippen molar-refractivity contribution < 1.29 is 0 Å². The largest absolute Gasteiger partial charge is 0.346 e. The summed E-state index contributed by atoms with van der Waals surface area (Å²) >= 11 is 0. The van der Waals surface area contributed by atoms with E-state index < -0.39 is 0 Å². The maximum atomic E-state index is 5.54. The predicted octanol–water partition coefficient (Wildman–Crippen LogP) is 2.33. The first kappa shape index (κ1) is 9.78. The van der Waals surface area contributed by atoms with Crippen LogP contribution in [0.2, 0.25) is 0 Å². The SMILES string of the molecule is Cc1cc(CCCN)c(C)n1C1CC1. The van der Waals surface area contributed by atoms with Crippen molar-refractivity contribution in [3.8, 4) is 0 Å². The molecule has 2 rings (SSSR count). The van der Waals surface area contributed by atoms with E-state index in [0.29, 0.717) is 0 Å². The summed E-state index contributed by atoms with van der Waals surface area (Å²) in [4.78, 5) is 0. The maximum Gasteiger partial charge on any atom is 0.0337 e. The van der Waals surface area contributed by atoms with E-state index in [-0.39, 0.29) is 0 Å². The molecule has 1 aromatic heterocycles. The molecular weight excluding hydrogens is 172 g/mol. The molecule has 0 unspecified atom stereocenters. The van der Waals surface area contributed by atoms with Gasteiger partial charge >= 0.3 is 0 Å². The van der Waals surface area contributed by atoms with Gasteiger partial charge in [0.25, 0.3) is 0 Å². The van der Waals surface area contributed by atoms with Crippen LogP contribution >= 0.6 is 0 Å². The van der Waals surface area contributed by atoms with Crippen molar-refractivity contribution in [2.45, 2.75) is 45.6 Å². The summed E-state index contributed by atoms with van der Waals surface area (Å²) in [6.07, 6.45) is 4.98. The highest BCUT2D eigenvalue weighted by Crippen LogP contribution is 2.38. The Morgan fingerprint density at radius 3 is 2.71 bits per heavy atom. The normalized spacial score (nSPS) is 16.2. The lowest BCUT2D eigenvalue weighted by Gasteiger charge is -2.07. The molecule has 2 N–H and O–H groups in total. The van der Waals surface area contributed by atoms with Crippen LogP contribution < -0.4 is 5.73 Å². The first-order valence-corrected chi connectivity index (χ1v) is 5.61. The summed E-state index contributed by atoms with van der Waals surface area (Å²) in [5, 5.41) is 0. The van der Waals surface area contributed by atoms with Crippen LogP contribution in [0.1, 0.15) is 42.3 Å². The monoisotopic (exact) mass is 192 g/mol. The number of hydrogen-bond donors (Lipinski definition) is 1.